The van der Waals surface area contributed by atoms with Crippen LogP contribution in [0.1, 0.15) is 58.3 Å². The molecule has 2 atom stereocenters. The van der Waals surface area contributed by atoms with E-state index < -0.39 is 0 Å². The maximum absolute atomic E-state index is 11.2. The fourth-order valence-corrected chi connectivity index (χ4v) is 2.41. The predicted octanol–water partition coefficient (Wildman–Crippen LogP) is 2.66. The lowest BCUT2D eigenvalue weighted by Gasteiger charge is -2.12. The van der Waals surface area contributed by atoms with Crippen LogP contribution >= 0.6 is 0 Å². The van der Waals surface area contributed by atoms with Gasteiger partial charge in [-0.05, 0) is 25.7 Å². The number of amidine groups is 1. The molecule has 1 aliphatic rings. The summed E-state index contributed by atoms with van der Waals surface area (Å²) >= 11 is 0. The van der Waals surface area contributed by atoms with E-state index in [1.165, 1.54) is 20.0 Å². The van der Waals surface area contributed by atoms with Crippen molar-refractivity contribution in [2.24, 2.45) is 16.6 Å². The second kappa shape index (κ2) is 8.11. The second-order valence-electron chi connectivity index (χ2n) is 5.23. The van der Waals surface area contributed by atoms with Crippen molar-refractivity contribution in [2.45, 2.75) is 64.3 Å². The minimum Gasteiger partial charge on any atom is -0.469 e. The largest absolute Gasteiger partial charge is 0.469 e. The Morgan fingerprint density at radius 2 is 2.28 bits per heavy atom. The van der Waals surface area contributed by atoms with Crippen LogP contribution in [0.25, 0.3) is 0 Å². The molecule has 1 aliphatic heterocycles. The number of carbonyl (C=O) groups is 1. The van der Waals surface area contributed by atoms with Gasteiger partial charge in [-0.15, -0.1) is 0 Å². The van der Waals surface area contributed by atoms with Gasteiger partial charge in [-0.25, -0.2) is 0 Å². The average molecular weight is 254 g/mol. The Labute approximate surface area is 110 Å². The van der Waals surface area contributed by atoms with E-state index in [-0.39, 0.29) is 11.9 Å². The van der Waals surface area contributed by atoms with Gasteiger partial charge in [0, 0.05) is 6.42 Å². The molecule has 4 nitrogen and oxygen atoms in total. The van der Waals surface area contributed by atoms with E-state index in [1.807, 2.05) is 6.92 Å². The molecule has 0 amide bonds. The van der Waals surface area contributed by atoms with E-state index in [2.05, 4.69) is 4.99 Å². The SMILES string of the molecule is COC(=O)[C@@H](C)CCCC[C@@H]1CCCCC(N)=N1. The van der Waals surface area contributed by atoms with Crippen LogP contribution in [0.2, 0.25) is 0 Å². The quantitative estimate of drug-likeness (QED) is 0.585. The number of nitrogens with zero attached hydrogens (tertiary/aromatic N) is 1. The van der Waals surface area contributed by atoms with Crippen LogP contribution in [0.3, 0.4) is 0 Å². The van der Waals surface area contributed by atoms with E-state index >= 15 is 0 Å². The molecule has 1 rings (SSSR count). The zero-order valence-corrected chi connectivity index (χ0v) is 11.7. The summed E-state index contributed by atoms with van der Waals surface area (Å²) in [6.07, 6.45) is 8.68. The van der Waals surface area contributed by atoms with Crippen molar-refractivity contribution in [2.75, 3.05) is 7.11 Å². The highest BCUT2D eigenvalue weighted by Gasteiger charge is 2.14. The summed E-state index contributed by atoms with van der Waals surface area (Å²) in [5, 5.41) is 0. The summed E-state index contributed by atoms with van der Waals surface area (Å²) in [5.74, 6) is 0.727. The first-order chi connectivity index (χ1) is 8.63. The minimum atomic E-state index is -0.105. The van der Waals surface area contributed by atoms with Gasteiger partial charge >= 0.3 is 5.97 Å². The Kier molecular flexibility index (Phi) is 6.76. The molecule has 0 unspecified atom stereocenters. The van der Waals surface area contributed by atoms with Crippen LogP contribution in [0.5, 0.6) is 0 Å². The van der Waals surface area contributed by atoms with Gasteiger partial charge in [-0.1, -0.05) is 26.2 Å². The first-order valence-corrected chi connectivity index (χ1v) is 7.03. The van der Waals surface area contributed by atoms with E-state index in [1.54, 1.807) is 0 Å². The molecule has 0 saturated carbocycles. The maximum atomic E-state index is 11.2. The molecule has 0 aliphatic carbocycles. The summed E-state index contributed by atoms with van der Waals surface area (Å²) < 4.78 is 4.71. The molecular weight excluding hydrogens is 228 g/mol. The molecule has 104 valence electrons. The summed E-state index contributed by atoms with van der Waals surface area (Å²) in [6.45, 7) is 1.92. The van der Waals surface area contributed by atoms with Crippen molar-refractivity contribution >= 4 is 11.8 Å². The zero-order chi connectivity index (χ0) is 13.4. The molecule has 4 heteroatoms. The Balaban J connectivity index is 2.17. The predicted molar refractivity (Wildman–Crippen MR) is 73.5 cm³/mol. The number of rotatable bonds is 6. The van der Waals surface area contributed by atoms with Gasteiger partial charge in [-0.2, -0.15) is 0 Å². The molecule has 0 aromatic rings. The van der Waals surface area contributed by atoms with Crippen molar-refractivity contribution in [3.8, 4) is 0 Å². The molecule has 0 aromatic carbocycles. The Morgan fingerprint density at radius 1 is 1.50 bits per heavy atom. The fourth-order valence-electron chi connectivity index (χ4n) is 2.41. The lowest BCUT2D eigenvalue weighted by atomic mass is 10.00. The molecule has 0 fully saturated rings. The molecule has 0 aromatic heterocycles. The third-order valence-electron chi connectivity index (χ3n) is 3.60. The van der Waals surface area contributed by atoms with Gasteiger partial charge in [0.15, 0.2) is 0 Å². The molecule has 0 radical (unpaired) electrons. The highest BCUT2D eigenvalue weighted by atomic mass is 16.5. The van der Waals surface area contributed by atoms with E-state index in [0.29, 0.717) is 6.04 Å². The fraction of sp³-hybridized carbons (Fsp3) is 0.857. The number of esters is 1. The molecular formula is C14H26N2O2. The van der Waals surface area contributed by atoms with E-state index in [0.717, 1.165) is 44.4 Å². The number of methoxy groups -OCH3 is 1. The third-order valence-corrected chi connectivity index (χ3v) is 3.60. The van der Waals surface area contributed by atoms with Crippen molar-refractivity contribution in [1.29, 1.82) is 0 Å². The van der Waals surface area contributed by atoms with Crippen LogP contribution in [0.4, 0.5) is 0 Å². The van der Waals surface area contributed by atoms with Gasteiger partial charge < -0.3 is 10.5 Å². The van der Waals surface area contributed by atoms with Crippen molar-refractivity contribution in [3.05, 3.63) is 0 Å². The number of aliphatic imine (C=N–C) groups is 1. The third kappa shape index (κ3) is 5.52. The minimum absolute atomic E-state index is 0.0118. The summed E-state index contributed by atoms with van der Waals surface area (Å²) in [5.41, 5.74) is 5.82. The molecule has 0 saturated heterocycles. The van der Waals surface area contributed by atoms with Crippen LogP contribution in [-0.4, -0.2) is 25.0 Å². The summed E-state index contributed by atoms with van der Waals surface area (Å²) in [6, 6.07) is 0.404. The number of unbranched alkanes of at least 4 members (excludes halogenated alkanes) is 1. The van der Waals surface area contributed by atoms with Crippen molar-refractivity contribution in [3.63, 3.8) is 0 Å². The van der Waals surface area contributed by atoms with E-state index in [9.17, 15) is 4.79 Å². The standard InChI is InChI=1S/C14H26N2O2/c1-11(14(17)18-2)7-3-4-8-12-9-5-6-10-13(15)16-12/h11-12H,3-10H2,1-2H3,(H2,15,16)/t11-,12+/m0/s1. The van der Waals surface area contributed by atoms with Crippen molar-refractivity contribution < 1.29 is 9.53 Å². The van der Waals surface area contributed by atoms with Gasteiger partial charge in [0.05, 0.1) is 24.9 Å². The zero-order valence-electron chi connectivity index (χ0n) is 11.7. The molecule has 18 heavy (non-hydrogen) atoms. The first-order valence-electron chi connectivity index (χ1n) is 7.03. The van der Waals surface area contributed by atoms with Gasteiger partial charge in [0.1, 0.15) is 0 Å². The number of hydrogen-bond donors (Lipinski definition) is 1. The Bertz CT molecular complexity index is 290. The highest BCUT2D eigenvalue weighted by Crippen LogP contribution is 2.19. The highest BCUT2D eigenvalue weighted by molar-refractivity contribution is 5.80. The molecule has 1 heterocycles. The number of carbonyl (C=O) groups excluding carboxylic acids is 1. The first kappa shape index (κ1) is 15.0. The lowest BCUT2D eigenvalue weighted by Crippen LogP contribution is -2.14. The topological polar surface area (TPSA) is 64.7 Å². The Hall–Kier alpha value is -1.06. The monoisotopic (exact) mass is 254 g/mol. The van der Waals surface area contributed by atoms with Gasteiger partial charge in [-0.3, -0.25) is 9.79 Å². The maximum Gasteiger partial charge on any atom is 0.308 e. The number of nitrogens with two attached hydrogens (primary N) is 1. The average Bonchev–Trinajstić information content (AvgIpc) is 2.57. The van der Waals surface area contributed by atoms with E-state index in [4.69, 9.17) is 10.5 Å². The number of hydrogen-bond acceptors (Lipinski definition) is 4. The lowest BCUT2D eigenvalue weighted by molar-refractivity contribution is -0.145. The number of ether oxygens (including phenoxy) is 1. The van der Waals surface area contributed by atoms with Crippen LogP contribution in [0.15, 0.2) is 4.99 Å². The van der Waals surface area contributed by atoms with Gasteiger partial charge in [0.25, 0.3) is 0 Å². The summed E-state index contributed by atoms with van der Waals surface area (Å²) in [7, 11) is 1.45. The normalized spacial score (nSPS) is 21.9. The molecule has 0 bridgehead atoms. The Morgan fingerprint density at radius 3 is 3.00 bits per heavy atom. The second-order valence-corrected chi connectivity index (χ2v) is 5.23. The van der Waals surface area contributed by atoms with Crippen LogP contribution in [-0.2, 0) is 9.53 Å². The molecule has 0 spiro atoms. The van der Waals surface area contributed by atoms with Crippen LogP contribution in [0, 0.1) is 5.92 Å². The van der Waals surface area contributed by atoms with Gasteiger partial charge in [0.2, 0.25) is 0 Å². The summed E-state index contributed by atoms with van der Waals surface area (Å²) in [4.78, 5) is 15.8. The molecule has 2 N–H and O–H groups in total. The smallest absolute Gasteiger partial charge is 0.308 e. The van der Waals surface area contributed by atoms with Crippen LogP contribution < -0.4 is 5.73 Å². The van der Waals surface area contributed by atoms with Crippen molar-refractivity contribution in [1.82, 2.24) is 0 Å².